The van der Waals surface area contributed by atoms with Crippen molar-refractivity contribution in [3.8, 4) is 0 Å². The summed E-state index contributed by atoms with van der Waals surface area (Å²) in [6.45, 7) is 14.0. The van der Waals surface area contributed by atoms with E-state index in [4.69, 9.17) is 14.2 Å². The second-order valence-electron chi connectivity index (χ2n) is 14.7. The maximum Gasteiger partial charge on any atom is 0.163 e. The summed E-state index contributed by atoms with van der Waals surface area (Å²) in [6.07, 6.45) is 9.57. The highest BCUT2D eigenvalue weighted by atomic mass is 16.8. The standard InChI is InChI=1S/C30H50O5/c1-16(15-31)7-8-23-17(2)27-25(33-23)12-20-18-11-22(32)21-13-24-26(35-28(3,4)34-24)14-30(21,6)19(18)9-10-29(20,27)5/h16-27,31-32H,7-15H2,1-6H3/t16-,17?,18-,19+,20+,21?,22-,23-,24+,25?,26-,27?,29+,30-/m1/s1. The lowest BCUT2D eigenvalue weighted by Crippen LogP contribution is -2.60. The fourth-order valence-corrected chi connectivity index (χ4v) is 10.8. The van der Waals surface area contributed by atoms with Crippen molar-refractivity contribution in [1.29, 1.82) is 0 Å². The Hall–Kier alpha value is -0.200. The fraction of sp³-hybridized carbons (Fsp3) is 1.00. The number of hydrogen-bond acceptors (Lipinski definition) is 5. The predicted octanol–water partition coefficient (Wildman–Crippen LogP) is 5.17. The van der Waals surface area contributed by atoms with Gasteiger partial charge in [0.25, 0.3) is 0 Å². The van der Waals surface area contributed by atoms with Gasteiger partial charge in [0.2, 0.25) is 0 Å². The van der Waals surface area contributed by atoms with E-state index in [2.05, 4.69) is 27.7 Å². The summed E-state index contributed by atoms with van der Waals surface area (Å²) in [6, 6.07) is 0. The molecule has 6 fully saturated rings. The Labute approximate surface area is 212 Å². The average Bonchev–Trinajstić information content (AvgIpc) is 3.37. The van der Waals surface area contributed by atoms with Crippen LogP contribution in [0.25, 0.3) is 0 Å². The molecule has 0 aromatic carbocycles. The molecule has 0 amide bonds. The topological polar surface area (TPSA) is 68.2 Å². The lowest BCUT2D eigenvalue weighted by atomic mass is 9.43. The molecular weight excluding hydrogens is 440 g/mol. The first-order valence-electron chi connectivity index (χ1n) is 14.8. The van der Waals surface area contributed by atoms with Crippen LogP contribution >= 0.6 is 0 Å². The SMILES string of the molecule is CC1C2C(C[C@H]3[C@@H]4C[C@@H](O)C5C[C@@H]6OC(C)(C)O[C@@H]6C[C@]5(C)[C@H]4CC[C@]23C)O[C@@H]1CC[C@@H](C)CO. The zero-order chi connectivity index (χ0) is 24.9. The van der Waals surface area contributed by atoms with Crippen molar-refractivity contribution in [2.24, 2.45) is 52.3 Å². The van der Waals surface area contributed by atoms with E-state index in [0.717, 1.165) is 32.1 Å². The van der Waals surface area contributed by atoms with E-state index < -0.39 is 5.79 Å². The van der Waals surface area contributed by atoms with Gasteiger partial charge in [-0.2, -0.15) is 0 Å². The second-order valence-corrected chi connectivity index (χ2v) is 14.7. The fourth-order valence-electron chi connectivity index (χ4n) is 10.8. The largest absolute Gasteiger partial charge is 0.396 e. The summed E-state index contributed by atoms with van der Waals surface area (Å²) >= 11 is 0. The summed E-state index contributed by atoms with van der Waals surface area (Å²) in [4.78, 5) is 0. The molecule has 0 aromatic rings. The molecule has 0 bridgehead atoms. The van der Waals surface area contributed by atoms with Gasteiger partial charge in [-0.25, -0.2) is 0 Å². The molecule has 14 atom stereocenters. The van der Waals surface area contributed by atoms with Gasteiger partial charge in [0.1, 0.15) is 0 Å². The summed E-state index contributed by atoms with van der Waals surface area (Å²) in [5.74, 6) is 3.29. The van der Waals surface area contributed by atoms with Gasteiger partial charge in [0, 0.05) is 6.61 Å². The molecule has 2 aliphatic heterocycles. The van der Waals surface area contributed by atoms with Crippen LogP contribution in [0.1, 0.15) is 92.9 Å². The van der Waals surface area contributed by atoms with Gasteiger partial charge in [0.05, 0.1) is 30.5 Å². The van der Waals surface area contributed by atoms with Gasteiger partial charge in [0.15, 0.2) is 5.79 Å². The number of fused-ring (bicyclic) bond motifs is 8. The van der Waals surface area contributed by atoms with Crippen molar-refractivity contribution in [3.05, 3.63) is 0 Å². The first kappa shape index (κ1) is 25.1. The molecule has 0 radical (unpaired) electrons. The molecule has 35 heavy (non-hydrogen) atoms. The highest BCUT2D eigenvalue weighted by Gasteiger charge is 2.68. The van der Waals surface area contributed by atoms with Gasteiger partial charge < -0.3 is 24.4 Å². The number of ether oxygens (including phenoxy) is 3. The molecule has 200 valence electrons. The van der Waals surface area contributed by atoms with Gasteiger partial charge in [-0.3, -0.25) is 0 Å². The molecule has 2 saturated heterocycles. The van der Waals surface area contributed by atoms with Crippen LogP contribution in [0.15, 0.2) is 0 Å². The van der Waals surface area contributed by atoms with Crippen LogP contribution < -0.4 is 0 Å². The summed E-state index contributed by atoms with van der Waals surface area (Å²) in [5, 5.41) is 21.0. The van der Waals surface area contributed by atoms with E-state index in [1.54, 1.807) is 0 Å². The minimum absolute atomic E-state index is 0.127. The molecule has 5 nitrogen and oxygen atoms in total. The minimum atomic E-state index is -0.503. The van der Waals surface area contributed by atoms with Crippen molar-refractivity contribution in [3.63, 3.8) is 0 Å². The highest BCUT2D eigenvalue weighted by Crippen LogP contribution is 2.70. The van der Waals surface area contributed by atoms with Crippen LogP contribution in [-0.2, 0) is 14.2 Å². The third kappa shape index (κ3) is 3.72. The Kier molecular flexibility index (Phi) is 6.02. The number of rotatable bonds is 4. The maximum absolute atomic E-state index is 11.6. The molecule has 0 spiro atoms. The molecule has 6 aliphatic rings. The maximum atomic E-state index is 11.6. The number of aliphatic hydroxyl groups is 2. The van der Waals surface area contributed by atoms with Gasteiger partial charge in [-0.15, -0.1) is 0 Å². The van der Waals surface area contributed by atoms with Crippen molar-refractivity contribution >= 4 is 0 Å². The summed E-state index contributed by atoms with van der Waals surface area (Å²) < 4.78 is 19.4. The Morgan fingerprint density at radius 3 is 2.37 bits per heavy atom. The van der Waals surface area contributed by atoms with E-state index in [1.807, 2.05) is 13.8 Å². The second kappa shape index (κ2) is 8.40. The van der Waals surface area contributed by atoms with Crippen LogP contribution in [0, 0.1) is 52.3 Å². The Bertz CT molecular complexity index is 815. The molecule has 4 unspecified atom stereocenters. The van der Waals surface area contributed by atoms with E-state index in [1.165, 1.54) is 19.3 Å². The van der Waals surface area contributed by atoms with E-state index in [9.17, 15) is 10.2 Å². The minimum Gasteiger partial charge on any atom is -0.396 e. The first-order valence-corrected chi connectivity index (χ1v) is 14.8. The number of aliphatic hydroxyl groups excluding tert-OH is 2. The van der Waals surface area contributed by atoms with Crippen LogP contribution in [0.5, 0.6) is 0 Å². The average molecular weight is 491 g/mol. The lowest BCUT2D eigenvalue weighted by molar-refractivity contribution is -0.180. The molecule has 4 saturated carbocycles. The molecule has 2 heterocycles. The number of hydrogen-bond donors (Lipinski definition) is 2. The van der Waals surface area contributed by atoms with Crippen LogP contribution in [-0.4, -0.2) is 53.1 Å². The summed E-state index contributed by atoms with van der Waals surface area (Å²) in [7, 11) is 0. The lowest BCUT2D eigenvalue weighted by Gasteiger charge is -2.62. The molecule has 0 aromatic heterocycles. The monoisotopic (exact) mass is 490 g/mol. The smallest absolute Gasteiger partial charge is 0.163 e. The van der Waals surface area contributed by atoms with Gasteiger partial charge >= 0.3 is 0 Å². The first-order chi connectivity index (χ1) is 16.5. The Balaban J connectivity index is 1.22. The highest BCUT2D eigenvalue weighted by molar-refractivity contribution is 5.16. The Morgan fingerprint density at radius 1 is 0.914 bits per heavy atom. The van der Waals surface area contributed by atoms with E-state index in [0.29, 0.717) is 59.0 Å². The quantitative estimate of drug-likeness (QED) is 0.569. The van der Waals surface area contributed by atoms with E-state index >= 15 is 0 Å². The van der Waals surface area contributed by atoms with Crippen molar-refractivity contribution < 1.29 is 24.4 Å². The van der Waals surface area contributed by atoms with E-state index in [-0.39, 0.29) is 30.3 Å². The molecule has 4 aliphatic carbocycles. The zero-order valence-electron chi connectivity index (χ0n) is 22.9. The third-order valence-corrected chi connectivity index (χ3v) is 12.4. The van der Waals surface area contributed by atoms with Crippen LogP contribution in [0.4, 0.5) is 0 Å². The summed E-state index contributed by atoms with van der Waals surface area (Å²) in [5.41, 5.74) is 0.444. The molecule has 5 heteroatoms. The predicted molar refractivity (Wildman–Crippen MR) is 135 cm³/mol. The van der Waals surface area contributed by atoms with Gasteiger partial charge in [-0.1, -0.05) is 27.7 Å². The van der Waals surface area contributed by atoms with Crippen molar-refractivity contribution in [2.45, 2.75) is 129 Å². The van der Waals surface area contributed by atoms with Crippen LogP contribution in [0.3, 0.4) is 0 Å². The molecular formula is C30H50O5. The third-order valence-electron chi connectivity index (χ3n) is 12.4. The zero-order valence-corrected chi connectivity index (χ0v) is 22.9. The molecule has 6 rings (SSSR count). The van der Waals surface area contributed by atoms with Crippen LogP contribution in [0.2, 0.25) is 0 Å². The Morgan fingerprint density at radius 2 is 1.63 bits per heavy atom. The van der Waals surface area contributed by atoms with Gasteiger partial charge in [-0.05, 0) is 117 Å². The van der Waals surface area contributed by atoms with Crippen molar-refractivity contribution in [1.82, 2.24) is 0 Å². The normalized spacial score (nSPS) is 57.1. The van der Waals surface area contributed by atoms with Crippen molar-refractivity contribution in [2.75, 3.05) is 6.61 Å². The molecule has 2 N–H and O–H groups in total.